The topological polar surface area (TPSA) is 38.3 Å². The number of nitrogens with one attached hydrogen (secondary N) is 1. The first-order valence-corrected chi connectivity index (χ1v) is 8.85. The predicted octanol–water partition coefficient (Wildman–Crippen LogP) is 5.04. The van der Waals surface area contributed by atoms with Crippen LogP contribution >= 0.6 is 11.3 Å². The molecule has 5 heteroatoms. The number of benzene rings is 2. The van der Waals surface area contributed by atoms with Crippen LogP contribution in [0.15, 0.2) is 53.9 Å². The van der Waals surface area contributed by atoms with E-state index >= 15 is 0 Å². The van der Waals surface area contributed by atoms with Crippen LogP contribution in [0.5, 0.6) is 5.75 Å². The minimum atomic E-state index is -0.286. The molecule has 0 radical (unpaired) electrons. The predicted molar refractivity (Wildman–Crippen MR) is 97.8 cm³/mol. The molecule has 0 aliphatic carbocycles. The van der Waals surface area contributed by atoms with Gasteiger partial charge in [-0.25, -0.2) is 4.39 Å². The average molecular weight is 353 g/mol. The molecule has 1 amide bonds. The maximum atomic E-state index is 13.6. The number of fused-ring (bicyclic) bond motifs is 1. The second-order valence-corrected chi connectivity index (χ2v) is 6.89. The fraction of sp³-hybridized carbons (Fsp3) is 0.150. The van der Waals surface area contributed by atoms with Crippen LogP contribution < -0.4 is 10.1 Å². The van der Waals surface area contributed by atoms with Crippen molar-refractivity contribution in [3.8, 4) is 16.9 Å². The van der Waals surface area contributed by atoms with Gasteiger partial charge in [0.1, 0.15) is 11.6 Å². The summed E-state index contributed by atoms with van der Waals surface area (Å²) in [6.45, 7) is 0. The molecule has 2 heterocycles. The van der Waals surface area contributed by atoms with E-state index < -0.39 is 0 Å². The van der Waals surface area contributed by atoms with Crippen molar-refractivity contribution in [2.75, 3.05) is 12.4 Å². The smallest absolute Gasteiger partial charge is 0.225 e. The molecule has 0 saturated heterocycles. The molecule has 1 aliphatic heterocycles. The van der Waals surface area contributed by atoms with Crippen LogP contribution in [-0.2, 0) is 4.79 Å². The summed E-state index contributed by atoms with van der Waals surface area (Å²) in [4.78, 5) is 13.4. The normalized spacial score (nSPS) is 16.2. The maximum absolute atomic E-state index is 13.6. The first-order chi connectivity index (χ1) is 12.2. The van der Waals surface area contributed by atoms with Gasteiger partial charge in [-0.2, -0.15) is 0 Å². The number of carbonyl (C=O) groups excluding carboxylic acids is 1. The van der Waals surface area contributed by atoms with Crippen molar-refractivity contribution in [3.05, 3.63) is 70.2 Å². The third-order valence-corrected chi connectivity index (χ3v) is 5.54. The lowest BCUT2D eigenvalue weighted by Crippen LogP contribution is -2.22. The molecule has 1 atom stereocenters. The zero-order chi connectivity index (χ0) is 17.4. The number of anilines is 1. The van der Waals surface area contributed by atoms with Gasteiger partial charge in [-0.1, -0.05) is 24.3 Å². The number of hydrogen-bond acceptors (Lipinski definition) is 3. The van der Waals surface area contributed by atoms with Gasteiger partial charge in [0.05, 0.1) is 12.8 Å². The molecule has 0 spiro atoms. The lowest BCUT2D eigenvalue weighted by molar-refractivity contribution is -0.116. The van der Waals surface area contributed by atoms with Gasteiger partial charge in [-0.05, 0) is 35.4 Å². The van der Waals surface area contributed by atoms with Gasteiger partial charge < -0.3 is 10.1 Å². The number of carbonyl (C=O) groups is 1. The molecule has 3 nitrogen and oxygen atoms in total. The SMILES string of the molecule is COc1ccc(C2CC(=O)Nc3c(-c4cccc(F)c4)csc32)cc1. The van der Waals surface area contributed by atoms with Crippen molar-refractivity contribution in [1.82, 2.24) is 0 Å². The number of rotatable bonds is 3. The van der Waals surface area contributed by atoms with Crippen molar-refractivity contribution in [2.24, 2.45) is 0 Å². The summed E-state index contributed by atoms with van der Waals surface area (Å²) in [7, 11) is 1.63. The van der Waals surface area contributed by atoms with Gasteiger partial charge in [0.25, 0.3) is 0 Å². The molecular formula is C20H16FNO2S. The highest BCUT2D eigenvalue weighted by atomic mass is 32.1. The quantitative estimate of drug-likeness (QED) is 0.717. The molecule has 2 aromatic carbocycles. The van der Waals surface area contributed by atoms with E-state index in [0.29, 0.717) is 6.42 Å². The number of ether oxygens (including phenoxy) is 1. The lowest BCUT2D eigenvalue weighted by Gasteiger charge is -2.24. The Balaban J connectivity index is 1.78. The summed E-state index contributed by atoms with van der Waals surface area (Å²) in [6.07, 6.45) is 0.405. The Morgan fingerprint density at radius 3 is 2.72 bits per heavy atom. The molecule has 25 heavy (non-hydrogen) atoms. The van der Waals surface area contributed by atoms with E-state index in [1.54, 1.807) is 24.5 Å². The van der Waals surface area contributed by atoms with E-state index in [0.717, 1.165) is 33.0 Å². The van der Waals surface area contributed by atoms with Gasteiger partial charge in [0.15, 0.2) is 0 Å². The van der Waals surface area contributed by atoms with Crippen LogP contribution in [0, 0.1) is 5.82 Å². The molecule has 1 unspecified atom stereocenters. The number of methoxy groups -OCH3 is 1. The second-order valence-electron chi connectivity index (χ2n) is 5.98. The van der Waals surface area contributed by atoms with Crippen LogP contribution in [-0.4, -0.2) is 13.0 Å². The summed E-state index contributed by atoms with van der Waals surface area (Å²) in [5, 5.41) is 4.96. The first kappa shape index (κ1) is 15.8. The van der Waals surface area contributed by atoms with Gasteiger partial charge in [0.2, 0.25) is 5.91 Å². The van der Waals surface area contributed by atoms with E-state index in [9.17, 15) is 9.18 Å². The summed E-state index contributed by atoms with van der Waals surface area (Å²) in [6, 6.07) is 14.2. The molecule has 4 rings (SSSR count). The van der Waals surface area contributed by atoms with Crippen LogP contribution in [0.1, 0.15) is 22.8 Å². The van der Waals surface area contributed by atoms with E-state index in [2.05, 4.69) is 5.32 Å². The van der Waals surface area contributed by atoms with Gasteiger partial charge >= 0.3 is 0 Å². The molecule has 3 aromatic rings. The minimum Gasteiger partial charge on any atom is -0.497 e. The summed E-state index contributed by atoms with van der Waals surface area (Å²) in [5.41, 5.74) is 3.51. The van der Waals surface area contributed by atoms with Crippen molar-refractivity contribution in [3.63, 3.8) is 0 Å². The molecule has 1 aromatic heterocycles. The average Bonchev–Trinajstić information content (AvgIpc) is 3.05. The Hall–Kier alpha value is -2.66. The van der Waals surface area contributed by atoms with Crippen LogP contribution in [0.3, 0.4) is 0 Å². The number of halogens is 1. The van der Waals surface area contributed by atoms with E-state index in [4.69, 9.17) is 4.74 Å². The Bertz CT molecular complexity index is 933. The molecule has 1 aliphatic rings. The Morgan fingerprint density at radius 1 is 1.20 bits per heavy atom. The summed E-state index contributed by atoms with van der Waals surface area (Å²) < 4.78 is 18.8. The fourth-order valence-corrected chi connectivity index (χ4v) is 4.36. The first-order valence-electron chi connectivity index (χ1n) is 7.97. The molecule has 1 N–H and O–H groups in total. The molecular weight excluding hydrogens is 337 g/mol. The van der Waals surface area contributed by atoms with E-state index in [-0.39, 0.29) is 17.6 Å². The van der Waals surface area contributed by atoms with Gasteiger partial charge in [-0.3, -0.25) is 4.79 Å². The molecule has 0 bridgehead atoms. The molecule has 126 valence electrons. The zero-order valence-electron chi connectivity index (χ0n) is 13.6. The van der Waals surface area contributed by atoms with Crippen LogP contribution in [0.25, 0.3) is 11.1 Å². The van der Waals surface area contributed by atoms with Crippen molar-refractivity contribution >= 4 is 22.9 Å². The number of amides is 1. The Kier molecular flexibility index (Phi) is 4.01. The van der Waals surface area contributed by atoms with Crippen molar-refractivity contribution < 1.29 is 13.9 Å². The van der Waals surface area contributed by atoms with Crippen LogP contribution in [0.4, 0.5) is 10.1 Å². The monoisotopic (exact) mass is 353 g/mol. The van der Waals surface area contributed by atoms with Gasteiger partial charge in [-0.15, -0.1) is 11.3 Å². The third-order valence-electron chi connectivity index (χ3n) is 4.44. The molecule has 0 fully saturated rings. The Morgan fingerprint density at radius 2 is 2.00 bits per heavy atom. The lowest BCUT2D eigenvalue weighted by atomic mass is 9.89. The van der Waals surface area contributed by atoms with E-state index in [1.807, 2.05) is 35.7 Å². The van der Waals surface area contributed by atoms with Crippen molar-refractivity contribution in [1.29, 1.82) is 0 Å². The number of hydrogen-bond donors (Lipinski definition) is 1. The second kappa shape index (κ2) is 6.33. The van der Waals surface area contributed by atoms with Crippen molar-refractivity contribution in [2.45, 2.75) is 12.3 Å². The zero-order valence-corrected chi connectivity index (χ0v) is 14.4. The maximum Gasteiger partial charge on any atom is 0.225 e. The molecule has 0 saturated carbocycles. The van der Waals surface area contributed by atoms with E-state index in [1.165, 1.54) is 12.1 Å². The van der Waals surface area contributed by atoms with Gasteiger partial charge in [0, 0.05) is 28.2 Å². The fourth-order valence-electron chi connectivity index (χ4n) is 3.20. The Labute approximate surface area is 149 Å². The largest absolute Gasteiger partial charge is 0.497 e. The highest BCUT2D eigenvalue weighted by molar-refractivity contribution is 7.11. The van der Waals surface area contributed by atoms with Crippen LogP contribution in [0.2, 0.25) is 0 Å². The number of thiophene rings is 1. The minimum absolute atomic E-state index is 0.00182. The summed E-state index contributed by atoms with van der Waals surface area (Å²) >= 11 is 1.60. The standard InChI is InChI=1S/C20H16FNO2S/c1-24-15-7-5-12(6-8-15)16-10-18(23)22-19-17(11-25-20(16)19)13-3-2-4-14(21)9-13/h2-9,11,16H,10H2,1H3,(H,22,23). The highest BCUT2D eigenvalue weighted by Crippen LogP contribution is 2.46. The third kappa shape index (κ3) is 2.91. The summed E-state index contributed by atoms with van der Waals surface area (Å²) in [5.74, 6) is 0.480. The highest BCUT2D eigenvalue weighted by Gasteiger charge is 2.30.